The molecule has 0 heterocycles. The first-order valence-electron chi connectivity index (χ1n) is 36.1. The SMILES string of the molecule is CC/C=C\C/C=C\C/C=C\C/C=C\C/C=C\CCCCCCCCCCCCCCCC(=O)OCC(COC(=O)CCCCCCCCCCCCCCCCCCCC)OC(=O)CCCCCCCCC/C=C\C/C=C\CCCCCC. The average molecular weight is 1160 g/mol. The predicted molar refractivity (Wildman–Crippen MR) is 362 cm³/mol. The van der Waals surface area contributed by atoms with E-state index in [9.17, 15) is 14.4 Å². The van der Waals surface area contributed by atoms with E-state index < -0.39 is 6.10 Å². The van der Waals surface area contributed by atoms with Gasteiger partial charge in [0.2, 0.25) is 0 Å². The van der Waals surface area contributed by atoms with Crippen LogP contribution in [-0.2, 0) is 28.6 Å². The summed E-state index contributed by atoms with van der Waals surface area (Å²) in [6.07, 6.45) is 94.6. The molecule has 0 saturated carbocycles. The number of unbranched alkanes of at least 4 members (excludes halogenated alkanes) is 41. The number of allylic oxidation sites excluding steroid dienone is 14. The van der Waals surface area contributed by atoms with Crippen molar-refractivity contribution in [3.05, 3.63) is 85.1 Å². The Labute approximate surface area is 515 Å². The molecule has 83 heavy (non-hydrogen) atoms. The third-order valence-electron chi connectivity index (χ3n) is 15.9. The van der Waals surface area contributed by atoms with Gasteiger partial charge in [0.15, 0.2) is 6.10 Å². The molecular weight excluding hydrogens is 1020 g/mol. The zero-order valence-electron chi connectivity index (χ0n) is 55.2. The maximum absolute atomic E-state index is 13.0. The molecule has 0 aliphatic heterocycles. The fraction of sp³-hybridized carbons (Fsp3) is 0.779. The molecule has 0 aliphatic rings. The van der Waals surface area contributed by atoms with Crippen molar-refractivity contribution in [2.75, 3.05) is 13.2 Å². The Bertz CT molecular complexity index is 1570. The second kappa shape index (κ2) is 71.1. The smallest absolute Gasteiger partial charge is 0.306 e. The fourth-order valence-corrected chi connectivity index (χ4v) is 10.5. The lowest BCUT2D eigenvalue weighted by Crippen LogP contribution is -2.30. The molecule has 0 N–H and O–H groups in total. The van der Waals surface area contributed by atoms with Gasteiger partial charge in [0.25, 0.3) is 0 Å². The van der Waals surface area contributed by atoms with Crippen LogP contribution in [0.25, 0.3) is 0 Å². The summed E-state index contributed by atoms with van der Waals surface area (Å²) in [6.45, 7) is 6.56. The molecule has 480 valence electrons. The molecule has 0 amide bonds. The molecule has 0 spiro atoms. The van der Waals surface area contributed by atoms with Crippen molar-refractivity contribution < 1.29 is 28.6 Å². The number of esters is 3. The van der Waals surface area contributed by atoms with Gasteiger partial charge in [-0.3, -0.25) is 14.4 Å². The second-order valence-corrected chi connectivity index (χ2v) is 24.1. The van der Waals surface area contributed by atoms with Crippen molar-refractivity contribution in [2.24, 2.45) is 0 Å². The van der Waals surface area contributed by atoms with Crippen LogP contribution in [0.5, 0.6) is 0 Å². The van der Waals surface area contributed by atoms with Gasteiger partial charge in [-0.15, -0.1) is 0 Å². The van der Waals surface area contributed by atoms with E-state index in [0.717, 1.165) is 103 Å². The van der Waals surface area contributed by atoms with Gasteiger partial charge in [-0.05, 0) is 96.3 Å². The molecule has 0 fully saturated rings. The van der Waals surface area contributed by atoms with Gasteiger partial charge in [0.05, 0.1) is 0 Å². The van der Waals surface area contributed by atoms with Gasteiger partial charge in [0, 0.05) is 19.3 Å². The van der Waals surface area contributed by atoms with Crippen molar-refractivity contribution in [3.8, 4) is 0 Å². The predicted octanol–water partition coefficient (Wildman–Crippen LogP) is 25.0. The van der Waals surface area contributed by atoms with Crippen molar-refractivity contribution >= 4 is 17.9 Å². The van der Waals surface area contributed by atoms with Gasteiger partial charge >= 0.3 is 17.9 Å². The van der Waals surface area contributed by atoms with Crippen molar-refractivity contribution in [1.29, 1.82) is 0 Å². The molecular formula is C77H136O6. The number of carbonyl (C=O) groups is 3. The van der Waals surface area contributed by atoms with Crippen LogP contribution < -0.4 is 0 Å². The summed E-state index contributed by atoms with van der Waals surface area (Å²) in [5, 5.41) is 0. The lowest BCUT2D eigenvalue weighted by molar-refractivity contribution is -0.167. The summed E-state index contributed by atoms with van der Waals surface area (Å²) in [6, 6.07) is 0. The number of rotatable bonds is 66. The average Bonchev–Trinajstić information content (AvgIpc) is 3.49. The molecule has 0 aliphatic carbocycles. The molecule has 0 aromatic heterocycles. The monoisotopic (exact) mass is 1160 g/mol. The minimum atomic E-state index is -0.781. The van der Waals surface area contributed by atoms with E-state index in [1.54, 1.807) is 0 Å². The summed E-state index contributed by atoms with van der Waals surface area (Å²) in [7, 11) is 0. The van der Waals surface area contributed by atoms with E-state index in [1.807, 2.05) is 0 Å². The zero-order chi connectivity index (χ0) is 59.9. The maximum atomic E-state index is 13.0. The molecule has 6 nitrogen and oxygen atoms in total. The van der Waals surface area contributed by atoms with Gasteiger partial charge in [0.1, 0.15) is 13.2 Å². The molecule has 0 saturated heterocycles. The molecule has 0 radical (unpaired) electrons. The Morgan fingerprint density at radius 2 is 0.470 bits per heavy atom. The van der Waals surface area contributed by atoms with Crippen LogP contribution in [0, 0.1) is 0 Å². The second-order valence-electron chi connectivity index (χ2n) is 24.1. The van der Waals surface area contributed by atoms with Crippen molar-refractivity contribution in [1.82, 2.24) is 0 Å². The lowest BCUT2D eigenvalue weighted by atomic mass is 10.0. The van der Waals surface area contributed by atoms with Gasteiger partial charge in [-0.1, -0.05) is 337 Å². The highest BCUT2D eigenvalue weighted by molar-refractivity contribution is 5.71. The number of hydrogen-bond acceptors (Lipinski definition) is 6. The minimum absolute atomic E-state index is 0.0751. The fourth-order valence-electron chi connectivity index (χ4n) is 10.5. The normalized spacial score (nSPS) is 12.6. The molecule has 0 aromatic carbocycles. The number of ether oxygens (including phenoxy) is 3. The first-order chi connectivity index (χ1) is 41.0. The molecule has 0 rings (SSSR count). The molecule has 6 heteroatoms. The van der Waals surface area contributed by atoms with Gasteiger partial charge < -0.3 is 14.2 Å². The highest BCUT2D eigenvalue weighted by Gasteiger charge is 2.19. The van der Waals surface area contributed by atoms with Crippen molar-refractivity contribution in [2.45, 2.75) is 374 Å². The third-order valence-corrected chi connectivity index (χ3v) is 15.9. The summed E-state index contributed by atoms with van der Waals surface area (Å²) < 4.78 is 17.0. The standard InChI is InChI=1S/C77H136O6/c1-4-7-10-13-16-19-22-25-28-31-34-35-36-37-38-39-40-41-42-43-44-47-49-52-55-58-61-64-67-70-76(79)82-73-74(83-77(80)71-68-65-62-59-56-53-50-46-33-30-27-24-21-18-15-12-9-6-3)72-81-75(78)69-66-63-60-57-54-51-48-45-32-29-26-23-20-17-14-11-8-5-2/h7,10,16,19,21,24-25,28,30,33-35,37-38,74H,4-6,8-9,11-15,17-18,20,22-23,26-27,29,31-32,36,39-73H2,1-3H3/b10-7-,19-16-,24-21-,28-25-,33-30-,35-34-,38-37-. The van der Waals surface area contributed by atoms with Crippen LogP contribution in [0.15, 0.2) is 85.1 Å². The van der Waals surface area contributed by atoms with Gasteiger partial charge in [-0.2, -0.15) is 0 Å². The highest BCUT2D eigenvalue weighted by atomic mass is 16.6. The van der Waals surface area contributed by atoms with E-state index in [1.165, 1.54) is 225 Å². The van der Waals surface area contributed by atoms with Crippen LogP contribution in [0.1, 0.15) is 367 Å². The topological polar surface area (TPSA) is 78.9 Å². The van der Waals surface area contributed by atoms with Crippen LogP contribution in [0.3, 0.4) is 0 Å². The van der Waals surface area contributed by atoms with Crippen LogP contribution in [0.4, 0.5) is 0 Å². The van der Waals surface area contributed by atoms with Crippen LogP contribution in [-0.4, -0.2) is 37.2 Å². The Kier molecular flexibility index (Phi) is 68.2. The quantitative estimate of drug-likeness (QED) is 0.0261. The summed E-state index contributed by atoms with van der Waals surface area (Å²) in [5.74, 6) is -0.862. The lowest BCUT2D eigenvalue weighted by Gasteiger charge is -2.18. The third kappa shape index (κ3) is 69.3. The first-order valence-corrected chi connectivity index (χ1v) is 36.1. The van der Waals surface area contributed by atoms with E-state index in [0.29, 0.717) is 19.3 Å². The van der Waals surface area contributed by atoms with Crippen molar-refractivity contribution in [3.63, 3.8) is 0 Å². The van der Waals surface area contributed by atoms with Gasteiger partial charge in [-0.25, -0.2) is 0 Å². The van der Waals surface area contributed by atoms with E-state index >= 15 is 0 Å². The Hall–Kier alpha value is -3.41. The maximum Gasteiger partial charge on any atom is 0.306 e. The minimum Gasteiger partial charge on any atom is -0.462 e. The van der Waals surface area contributed by atoms with E-state index in [2.05, 4.69) is 106 Å². The molecule has 0 bridgehead atoms. The first kappa shape index (κ1) is 79.6. The zero-order valence-corrected chi connectivity index (χ0v) is 55.2. The number of hydrogen-bond donors (Lipinski definition) is 0. The Morgan fingerprint density at radius 3 is 0.747 bits per heavy atom. The Balaban J connectivity index is 4.30. The molecule has 0 aromatic rings. The van der Waals surface area contributed by atoms with Crippen LogP contribution in [0.2, 0.25) is 0 Å². The summed E-state index contributed by atoms with van der Waals surface area (Å²) in [4.78, 5) is 38.5. The van der Waals surface area contributed by atoms with Crippen LogP contribution >= 0.6 is 0 Å². The molecule has 1 unspecified atom stereocenters. The summed E-state index contributed by atoms with van der Waals surface area (Å²) >= 11 is 0. The Morgan fingerprint density at radius 1 is 0.253 bits per heavy atom. The van der Waals surface area contributed by atoms with E-state index in [-0.39, 0.29) is 31.1 Å². The number of carbonyl (C=O) groups excluding carboxylic acids is 3. The van der Waals surface area contributed by atoms with E-state index in [4.69, 9.17) is 14.2 Å². The summed E-state index contributed by atoms with van der Waals surface area (Å²) in [5.41, 5.74) is 0. The molecule has 1 atom stereocenters. The largest absolute Gasteiger partial charge is 0.462 e. The highest BCUT2D eigenvalue weighted by Crippen LogP contribution is 2.18.